The van der Waals surface area contributed by atoms with Crippen LogP contribution in [-0.4, -0.2) is 45.9 Å². The highest BCUT2D eigenvalue weighted by molar-refractivity contribution is 6.30. The lowest BCUT2D eigenvalue weighted by molar-refractivity contribution is -0.120. The Morgan fingerprint density at radius 3 is 2.66 bits per heavy atom. The van der Waals surface area contributed by atoms with Gasteiger partial charge in [-0.25, -0.2) is 4.68 Å². The van der Waals surface area contributed by atoms with Gasteiger partial charge in [0.2, 0.25) is 5.91 Å². The normalized spacial score (nSPS) is 15.8. The monoisotopic (exact) mass is 411 g/mol. The molecule has 1 saturated heterocycles. The lowest BCUT2D eigenvalue weighted by Crippen LogP contribution is -2.45. The van der Waals surface area contributed by atoms with Crippen molar-refractivity contribution in [1.82, 2.24) is 25.5 Å². The van der Waals surface area contributed by atoms with Gasteiger partial charge in [-0.3, -0.25) is 4.79 Å². The van der Waals surface area contributed by atoms with Gasteiger partial charge < -0.3 is 10.1 Å². The largest absolute Gasteiger partial charge is 0.381 e. The maximum Gasteiger partial charge on any atom is 0.224 e. The molecule has 0 aliphatic carbocycles. The number of carbonyl (C=O) groups is 1. The third kappa shape index (κ3) is 4.63. The molecular weight excluding hydrogens is 390 g/mol. The highest BCUT2D eigenvalue weighted by Crippen LogP contribution is 2.35. The molecule has 3 aromatic rings. The van der Waals surface area contributed by atoms with Gasteiger partial charge in [0.25, 0.3) is 0 Å². The van der Waals surface area contributed by atoms with E-state index >= 15 is 0 Å². The fraction of sp³-hybridized carbons (Fsp3) is 0.333. The van der Waals surface area contributed by atoms with Gasteiger partial charge in [0.1, 0.15) is 6.33 Å². The summed E-state index contributed by atoms with van der Waals surface area (Å²) < 4.78 is 7.13. The fourth-order valence-electron chi connectivity index (χ4n) is 3.71. The highest BCUT2D eigenvalue weighted by atomic mass is 35.5. The zero-order valence-electron chi connectivity index (χ0n) is 15.9. The van der Waals surface area contributed by atoms with Crippen molar-refractivity contribution in [3.8, 4) is 5.69 Å². The van der Waals surface area contributed by atoms with Crippen molar-refractivity contribution >= 4 is 17.5 Å². The predicted molar refractivity (Wildman–Crippen MR) is 109 cm³/mol. The molecule has 0 radical (unpaired) electrons. The molecule has 29 heavy (non-hydrogen) atoms. The third-order valence-corrected chi connectivity index (χ3v) is 5.66. The molecule has 0 unspecified atom stereocenters. The zero-order valence-corrected chi connectivity index (χ0v) is 16.7. The van der Waals surface area contributed by atoms with E-state index in [1.54, 1.807) is 4.68 Å². The molecule has 0 spiro atoms. The van der Waals surface area contributed by atoms with Gasteiger partial charge in [0.05, 0.1) is 12.1 Å². The van der Waals surface area contributed by atoms with Gasteiger partial charge >= 0.3 is 0 Å². The van der Waals surface area contributed by atoms with Crippen molar-refractivity contribution in [2.45, 2.75) is 24.7 Å². The molecule has 0 bridgehead atoms. The summed E-state index contributed by atoms with van der Waals surface area (Å²) in [5.74, 6) is -0.00642. The van der Waals surface area contributed by atoms with Crippen molar-refractivity contribution in [3.63, 3.8) is 0 Å². The van der Waals surface area contributed by atoms with Crippen molar-refractivity contribution in [3.05, 3.63) is 71.0 Å². The molecule has 8 heteroatoms. The summed E-state index contributed by atoms with van der Waals surface area (Å²) >= 11 is 6.21. The minimum atomic E-state index is -0.150. The molecule has 1 aliphatic rings. The summed E-state index contributed by atoms with van der Waals surface area (Å²) in [6.45, 7) is 1.93. The van der Waals surface area contributed by atoms with Crippen LogP contribution >= 0.6 is 11.6 Å². The number of benzene rings is 2. The summed E-state index contributed by atoms with van der Waals surface area (Å²) in [7, 11) is 0. The molecule has 0 saturated carbocycles. The van der Waals surface area contributed by atoms with Crippen LogP contribution in [0.3, 0.4) is 0 Å². The van der Waals surface area contributed by atoms with Crippen molar-refractivity contribution in [2.75, 3.05) is 19.8 Å². The van der Waals surface area contributed by atoms with Gasteiger partial charge in [-0.2, -0.15) is 0 Å². The Morgan fingerprint density at radius 1 is 1.17 bits per heavy atom. The quantitative estimate of drug-likeness (QED) is 0.674. The molecule has 1 amide bonds. The molecule has 1 N–H and O–H groups in total. The van der Waals surface area contributed by atoms with Crippen LogP contribution in [0.4, 0.5) is 0 Å². The Labute approximate surface area is 174 Å². The second-order valence-electron chi connectivity index (χ2n) is 7.28. The van der Waals surface area contributed by atoms with Crippen LogP contribution in [0, 0.1) is 0 Å². The zero-order chi connectivity index (χ0) is 20.1. The number of rotatable bonds is 6. The van der Waals surface area contributed by atoms with E-state index in [-0.39, 0.29) is 11.3 Å². The van der Waals surface area contributed by atoms with Gasteiger partial charge in [0, 0.05) is 30.2 Å². The van der Waals surface area contributed by atoms with E-state index in [4.69, 9.17) is 16.3 Å². The van der Waals surface area contributed by atoms with Crippen LogP contribution in [0.1, 0.15) is 24.0 Å². The van der Waals surface area contributed by atoms with Crippen LogP contribution in [-0.2, 0) is 21.4 Å². The minimum Gasteiger partial charge on any atom is -0.381 e. The molecule has 1 aromatic heterocycles. The van der Waals surface area contributed by atoms with E-state index in [0.717, 1.165) is 29.7 Å². The SMILES string of the molecule is O=C(Cc1ccc(-n2cnnn2)cc1)NCC1(c2cccc(Cl)c2)CCOCC1. The van der Waals surface area contributed by atoms with E-state index in [0.29, 0.717) is 31.2 Å². The predicted octanol–water partition coefficient (Wildman–Crippen LogP) is 2.72. The third-order valence-electron chi connectivity index (χ3n) is 5.43. The van der Waals surface area contributed by atoms with Crippen LogP contribution < -0.4 is 5.32 Å². The molecule has 2 aromatic carbocycles. The number of carbonyl (C=O) groups excluding carboxylic acids is 1. The van der Waals surface area contributed by atoms with Gasteiger partial charge in [-0.05, 0) is 58.7 Å². The number of nitrogens with one attached hydrogen (secondary N) is 1. The topological polar surface area (TPSA) is 81.9 Å². The van der Waals surface area contributed by atoms with Crippen LogP contribution in [0.5, 0.6) is 0 Å². The number of ether oxygens (including phenoxy) is 1. The lowest BCUT2D eigenvalue weighted by atomic mass is 9.74. The molecular formula is C21H22ClN5O2. The molecule has 0 atom stereocenters. The number of aromatic nitrogens is 4. The van der Waals surface area contributed by atoms with E-state index in [1.807, 2.05) is 42.5 Å². The molecule has 150 valence electrons. The summed E-state index contributed by atoms with van der Waals surface area (Å²) in [5, 5.41) is 14.9. The number of hydrogen-bond donors (Lipinski definition) is 1. The number of tetrazole rings is 1. The van der Waals surface area contributed by atoms with Crippen LogP contribution in [0.15, 0.2) is 54.9 Å². The first kappa shape index (κ1) is 19.5. The van der Waals surface area contributed by atoms with Gasteiger partial charge in [-0.1, -0.05) is 35.9 Å². The van der Waals surface area contributed by atoms with Crippen LogP contribution in [0.2, 0.25) is 5.02 Å². The standard InChI is InChI=1S/C21H22ClN5O2/c22-18-3-1-2-17(13-18)21(8-10-29-11-9-21)14-23-20(28)12-16-4-6-19(7-5-16)27-15-24-25-26-27/h1-7,13,15H,8-12,14H2,(H,23,28). The highest BCUT2D eigenvalue weighted by Gasteiger charge is 2.35. The van der Waals surface area contributed by atoms with Crippen molar-refractivity contribution in [1.29, 1.82) is 0 Å². The molecule has 1 aliphatic heterocycles. The van der Waals surface area contributed by atoms with E-state index in [1.165, 1.54) is 6.33 Å². The number of nitrogens with zero attached hydrogens (tertiary/aromatic N) is 4. The molecule has 4 rings (SSSR count). The van der Waals surface area contributed by atoms with E-state index < -0.39 is 0 Å². The maximum atomic E-state index is 12.6. The van der Waals surface area contributed by atoms with Gasteiger partial charge in [0.15, 0.2) is 0 Å². The first-order chi connectivity index (χ1) is 14.1. The maximum absolute atomic E-state index is 12.6. The van der Waals surface area contributed by atoms with E-state index in [9.17, 15) is 4.79 Å². The molecule has 7 nitrogen and oxygen atoms in total. The summed E-state index contributed by atoms with van der Waals surface area (Å²) in [4.78, 5) is 12.6. The Morgan fingerprint density at radius 2 is 1.97 bits per heavy atom. The van der Waals surface area contributed by atoms with Gasteiger partial charge in [-0.15, -0.1) is 5.10 Å². The van der Waals surface area contributed by atoms with E-state index in [2.05, 4.69) is 26.9 Å². The number of amides is 1. The Kier molecular flexibility index (Phi) is 5.87. The summed E-state index contributed by atoms with van der Waals surface area (Å²) in [5.41, 5.74) is 2.78. The van der Waals surface area contributed by atoms with Crippen molar-refractivity contribution < 1.29 is 9.53 Å². The summed E-state index contributed by atoms with van der Waals surface area (Å²) in [6, 6.07) is 15.5. The number of halogens is 1. The fourth-order valence-corrected chi connectivity index (χ4v) is 3.90. The molecule has 1 fully saturated rings. The first-order valence-electron chi connectivity index (χ1n) is 9.57. The second kappa shape index (κ2) is 8.71. The Hall–Kier alpha value is -2.77. The Bertz CT molecular complexity index is 953. The number of hydrogen-bond acceptors (Lipinski definition) is 5. The lowest BCUT2D eigenvalue weighted by Gasteiger charge is -2.38. The minimum absolute atomic E-state index is 0.00642. The second-order valence-corrected chi connectivity index (χ2v) is 7.71. The average Bonchev–Trinajstić information content (AvgIpc) is 3.28. The molecule has 2 heterocycles. The first-order valence-corrected chi connectivity index (χ1v) is 9.95. The summed E-state index contributed by atoms with van der Waals surface area (Å²) in [6.07, 6.45) is 3.56. The van der Waals surface area contributed by atoms with Crippen molar-refractivity contribution in [2.24, 2.45) is 0 Å². The average molecular weight is 412 g/mol. The smallest absolute Gasteiger partial charge is 0.224 e. The van der Waals surface area contributed by atoms with Crippen LogP contribution in [0.25, 0.3) is 5.69 Å². The Balaban J connectivity index is 1.40.